The molecule has 14 heavy (non-hydrogen) atoms. The number of hydrogen-bond donors (Lipinski definition) is 1. The molecule has 72 valence electrons. The number of aryl methyl sites for hydroxylation is 1. The van der Waals surface area contributed by atoms with E-state index in [0.717, 1.165) is 11.1 Å². The Morgan fingerprint density at radius 3 is 2.86 bits per heavy atom. The Balaban J connectivity index is 2.38. The highest BCUT2D eigenvalue weighted by molar-refractivity contribution is 6.14. The molecule has 2 heterocycles. The molecule has 0 bridgehead atoms. The third-order valence-corrected chi connectivity index (χ3v) is 2.22. The normalized spacial score (nSPS) is 20.6. The van der Waals surface area contributed by atoms with Crippen LogP contribution in [0.15, 0.2) is 23.5 Å². The first kappa shape index (κ1) is 8.87. The monoisotopic (exact) mass is 189 g/mol. The number of nitrogens with zero attached hydrogens (tertiary/aromatic N) is 2. The summed E-state index contributed by atoms with van der Waals surface area (Å²) in [5.41, 5.74) is 1.96. The second-order valence-electron chi connectivity index (χ2n) is 3.33. The lowest BCUT2D eigenvalue weighted by Gasteiger charge is -2.03. The summed E-state index contributed by atoms with van der Waals surface area (Å²) in [4.78, 5) is 19.4. The standard InChI is InChI=1S/C10H11N3O/c1-6-5-11-4-3-8(6)9-12-7(2)10(14)13-9/h3-5,7H,1-2H3,(H,12,13,14). The molecule has 1 aromatic rings. The fraction of sp³-hybridized carbons (Fsp3) is 0.300. The SMILES string of the molecule is Cc1cnccc1C1=NC(C)C(=O)N1. The fourth-order valence-corrected chi connectivity index (χ4v) is 1.38. The molecule has 0 fully saturated rings. The van der Waals surface area contributed by atoms with Crippen LogP contribution in [-0.4, -0.2) is 22.8 Å². The minimum atomic E-state index is -0.280. The van der Waals surface area contributed by atoms with Gasteiger partial charge in [-0.15, -0.1) is 0 Å². The van der Waals surface area contributed by atoms with E-state index in [1.807, 2.05) is 13.0 Å². The average molecular weight is 189 g/mol. The summed E-state index contributed by atoms with van der Waals surface area (Å²) in [6.45, 7) is 3.72. The summed E-state index contributed by atoms with van der Waals surface area (Å²) >= 11 is 0. The van der Waals surface area contributed by atoms with Gasteiger partial charge in [0, 0.05) is 18.0 Å². The van der Waals surface area contributed by atoms with Crippen molar-refractivity contribution in [3.8, 4) is 0 Å². The van der Waals surface area contributed by atoms with E-state index in [2.05, 4.69) is 15.3 Å². The number of hydrogen-bond acceptors (Lipinski definition) is 3. The number of aliphatic imine (C=N–C) groups is 1. The zero-order valence-electron chi connectivity index (χ0n) is 8.11. The fourth-order valence-electron chi connectivity index (χ4n) is 1.38. The summed E-state index contributed by atoms with van der Waals surface area (Å²) in [6, 6.07) is 1.57. The second-order valence-corrected chi connectivity index (χ2v) is 3.33. The molecule has 1 unspecified atom stereocenters. The van der Waals surface area contributed by atoms with Crippen molar-refractivity contribution in [2.24, 2.45) is 4.99 Å². The lowest BCUT2D eigenvalue weighted by atomic mass is 10.1. The van der Waals surface area contributed by atoms with Crippen LogP contribution in [-0.2, 0) is 4.79 Å². The molecular weight excluding hydrogens is 178 g/mol. The first-order valence-corrected chi connectivity index (χ1v) is 4.48. The van der Waals surface area contributed by atoms with Gasteiger partial charge in [0.05, 0.1) is 0 Å². The van der Waals surface area contributed by atoms with E-state index in [1.165, 1.54) is 0 Å². The molecule has 4 nitrogen and oxygen atoms in total. The average Bonchev–Trinajstić information content (AvgIpc) is 2.48. The Hall–Kier alpha value is -1.71. The number of pyridine rings is 1. The maximum Gasteiger partial charge on any atom is 0.250 e. The van der Waals surface area contributed by atoms with Crippen molar-refractivity contribution in [2.45, 2.75) is 19.9 Å². The molecule has 4 heteroatoms. The van der Waals surface area contributed by atoms with E-state index in [0.29, 0.717) is 5.84 Å². The van der Waals surface area contributed by atoms with Crippen LogP contribution < -0.4 is 5.32 Å². The van der Waals surface area contributed by atoms with E-state index in [1.54, 1.807) is 19.3 Å². The van der Waals surface area contributed by atoms with Crippen molar-refractivity contribution >= 4 is 11.7 Å². The Kier molecular flexibility index (Phi) is 2.04. The van der Waals surface area contributed by atoms with Crippen LogP contribution in [0.1, 0.15) is 18.1 Å². The van der Waals surface area contributed by atoms with Gasteiger partial charge in [0.25, 0.3) is 0 Å². The van der Waals surface area contributed by atoms with Crippen LogP contribution >= 0.6 is 0 Å². The van der Waals surface area contributed by atoms with Crippen LogP contribution in [0, 0.1) is 6.92 Å². The molecule has 0 saturated heterocycles. The molecule has 1 N–H and O–H groups in total. The lowest BCUT2D eigenvalue weighted by Crippen LogP contribution is -2.28. The first-order chi connectivity index (χ1) is 6.68. The number of carbonyl (C=O) groups is 1. The molecule has 1 aromatic heterocycles. The van der Waals surface area contributed by atoms with E-state index in [9.17, 15) is 4.79 Å². The number of aromatic nitrogens is 1. The molecule has 1 amide bonds. The zero-order valence-corrected chi connectivity index (χ0v) is 8.11. The van der Waals surface area contributed by atoms with Gasteiger partial charge >= 0.3 is 0 Å². The van der Waals surface area contributed by atoms with E-state index in [-0.39, 0.29) is 11.9 Å². The van der Waals surface area contributed by atoms with Gasteiger partial charge in [-0.25, -0.2) is 0 Å². The third-order valence-electron chi connectivity index (χ3n) is 2.22. The predicted octanol–water partition coefficient (Wildman–Crippen LogP) is 0.655. The van der Waals surface area contributed by atoms with Crippen LogP contribution in [0.4, 0.5) is 0 Å². The molecule has 0 spiro atoms. The molecular formula is C10H11N3O. The summed E-state index contributed by atoms with van der Waals surface area (Å²) in [7, 11) is 0. The Morgan fingerprint density at radius 1 is 1.50 bits per heavy atom. The summed E-state index contributed by atoms with van der Waals surface area (Å²) < 4.78 is 0. The first-order valence-electron chi connectivity index (χ1n) is 4.48. The molecule has 0 radical (unpaired) electrons. The molecule has 1 atom stereocenters. The molecule has 0 aliphatic carbocycles. The van der Waals surface area contributed by atoms with Crippen molar-refractivity contribution in [1.82, 2.24) is 10.3 Å². The highest BCUT2D eigenvalue weighted by Crippen LogP contribution is 2.10. The molecule has 1 aliphatic heterocycles. The summed E-state index contributed by atoms with van der Waals surface area (Å²) in [5, 5.41) is 2.74. The van der Waals surface area contributed by atoms with Crippen LogP contribution in [0.25, 0.3) is 0 Å². The van der Waals surface area contributed by atoms with Gasteiger partial charge in [-0.2, -0.15) is 0 Å². The number of amidine groups is 1. The van der Waals surface area contributed by atoms with Gasteiger partial charge in [0.2, 0.25) is 5.91 Å². The summed E-state index contributed by atoms with van der Waals surface area (Å²) in [6.07, 6.45) is 3.45. The molecule has 2 rings (SSSR count). The Bertz CT molecular complexity index is 412. The van der Waals surface area contributed by atoms with Crippen molar-refractivity contribution in [3.63, 3.8) is 0 Å². The van der Waals surface area contributed by atoms with Gasteiger partial charge in [-0.05, 0) is 25.5 Å². The van der Waals surface area contributed by atoms with Crippen LogP contribution in [0.2, 0.25) is 0 Å². The molecule has 0 saturated carbocycles. The van der Waals surface area contributed by atoms with Crippen molar-refractivity contribution in [2.75, 3.05) is 0 Å². The highest BCUT2D eigenvalue weighted by atomic mass is 16.2. The predicted molar refractivity (Wildman–Crippen MR) is 53.1 cm³/mol. The number of nitrogens with one attached hydrogen (secondary N) is 1. The maximum atomic E-state index is 11.2. The van der Waals surface area contributed by atoms with E-state index >= 15 is 0 Å². The van der Waals surface area contributed by atoms with Gasteiger partial charge in [-0.1, -0.05) is 0 Å². The Morgan fingerprint density at radius 2 is 2.29 bits per heavy atom. The van der Waals surface area contributed by atoms with Gasteiger partial charge in [0.15, 0.2) is 0 Å². The maximum absolute atomic E-state index is 11.2. The highest BCUT2D eigenvalue weighted by Gasteiger charge is 2.23. The number of carbonyl (C=O) groups excluding carboxylic acids is 1. The minimum Gasteiger partial charge on any atom is -0.309 e. The smallest absolute Gasteiger partial charge is 0.250 e. The van der Waals surface area contributed by atoms with Crippen molar-refractivity contribution in [1.29, 1.82) is 0 Å². The number of rotatable bonds is 1. The minimum absolute atomic E-state index is 0.0452. The van der Waals surface area contributed by atoms with Crippen LogP contribution in [0.5, 0.6) is 0 Å². The third kappa shape index (κ3) is 1.39. The summed E-state index contributed by atoms with van der Waals surface area (Å²) in [5.74, 6) is 0.610. The van der Waals surface area contributed by atoms with Gasteiger partial charge in [-0.3, -0.25) is 14.8 Å². The van der Waals surface area contributed by atoms with Gasteiger partial charge < -0.3 is 5.32 Å². The largest absolute Gasteiger partial charge is 0.309 e. The number of amides is 1. The van der Waals surface area contributed by atoms with Crippen molar-refractivity contribution < 1.29 is 4.79 Å². The Labute approximate surface area is 82.1 Å². The topological polar surface area (TPSA) is 54.4 Å². The molecule has 0 aromatic carbocycles. The van der Waals surface area contributed by atoms with Crippen molar-refractivity contribution in [3.05, 3.63) is 29.6 Å². The molecule has 1 aliphatic rings. The van der Waals surface area contributed by atoms with Crippen LogP contribution in [0.3, 0.4) is 0 Å². The van der Waals surface area contributed by atoms with E-state index < -0.39 is 0 Å². The van der Waals surface area contributed by atoms with Gasteiger partial charge in [0.1, 0.15) is 11.9 Å². The second kappa shape index (κ2) is 3.21. The van der Waals surface area contributed by atoms with E-state index in [4.69, 9.17) is 0 Å². The zero-order chi connectivity index (χ0) is 10.1. The quantitative estimate of drug-likeness (QED) is 0.705. The lowest BCUT2D eigenvalue weighted by molar-refractivity contribution is -0.119.